The summed E-state index contributed by atoms with van der Waals surface area (Å²) in [6.45, 7) is 6.82. The Hall–Kier alpha value is -1.85. The molecule has 5 nitrogen and oxygen atoms in total. The van der Waals surface area contributed by atoms with Crippen LogP contribution in [0, 0.1) is 0 Å². The van der Waals surface area contributed by atoms with E-state index >= 15 is 0 Å². The zero-order chi connectivity index (χ0) is 15.9. The second-order valence-electron chi connectivity index (χ2n) is 4.96. The molecule has 1 heterocycles. The quantitative estimate of drug-likeness (QED) is 0.823. The molecule has 0 aliphatic carbocycles. The third-order valence-electron chi connectivity index (χ3n) is 3.72. The Bertz CT molecular complexity index is 640. The van der Waals surface area contributed by atoms with Gasteiger partial charge >= 0.3 is 0 Å². The van der Waals surface area contributed by atoms with Gasteiger partial charge in [0.15, 0.2) is 0 Å². The van der Waals surface area contributed by atoms with Crippen molar-refractivity contribution in [2.45, 2.75) is 19.9 Å². The van der Waals surface area contributed by atoms with Gasteiger partial charge in [-0.25, -0.2) is 5.10 Å². The van der Waals surface area contributed by atoms with Gasteiger partial charge in [-0.15, -0.1) is 0 Å². The number of halogens is 1. The fraction of sp³-hybridized carbons (Fsp3) is 0.375. The molecule has 2 N–H and O–H groups in total. The van der Waals surface area contributed by atoms with Gasteiger partial charge in [0.25, 0.3) is 5.56 Å². The van der Waals surface area contributed by atoms with E-state index in [-0.39, 0.29) is 16.6 Å². The van der Waals surface area contributed by atoms with Crippen molar-refractivity contribution in [3.63, 3.8) is 0 Å². The molecule has 1 aromatic carbocycles. The van der Waals surface area contributed by atoms with Gasteiger partial charge in [-0.3, -0.25) is 9.69 Å². The van der Waals surface area contributed by atoms with Gasteiger partial charge in [-0.1, -0.05) is 55.8 Å². The van der Waals surface area contributed by atoms with Gasteiger partial charge < -0.3 is 5.32 Å². The minimum Gasteiger partial charge on any atom is -0.380 e. The standard InChI is InChI=1S/C16H21ClN4O/c1-3-21(4-2)14(12-8-6-5-7-9-12)11-18-13-10-19-20-16(22)15(13)17/h5-10,14H,3-4,11H2,1-2H3,(H2,18,20,22)/t14-/m1/s1. The summed E-state index contributed by atoms with van der Waals surface area (Å²) in [6, 6.07) is 10.5. The second kappa shape index (κ2) is 7.96. The average Bonchev–Trinajstić information content (AvgIpc) is 2.56. The zero-order valence-electron chi connectivity index (χ0n) is 12.8. The van der Waals surface area contributed by atoms with Crippen LogP contribution in [0.25, 0.3) is 0 Å². The first kappa shape index (κ1) is 16.5. The summed E-state index contributed by atoms with van der Waals surface area (Å²) in [5.74, 6) is 0. The molecule has 0 saturated heterocycles. The van der Waals surface area contributed by atoms with Gasteiger partial charge in [-0.05, 0) is 18.7 Å². The van der Waals surface area contributed by atoms with Gasteiger partial charge in [0.05, 0.1) is 17.9 Å². The van der Waals surface area contributed by atoms with E-state index in [0.717, 1.165) is 13.1 Å². The maximum atomic E-state index is 11.5. The monoisotopic (exact) mass is 320 g/mol. The van der Waals surface area contributed by atoms with Crippen molar-refractivity contribution in [2.24, 2.45) is 0 Å². The first-order chi connectivity index (χ1) is 10.7. The number of benzene rings is 1. The van der Waals surface area contributed by atoms with Crippen LogP contribution in [-0.4, -0.2) is 34.7 Å². The summed E-state index contributed by atoms with van der Waals surface area (Å²) in [5, 5.41) is 9.48. The summed E-state index contributed by atoms with van der Waals surface area (Å²) in [7, 11) is 0. The third kappa shape index (κ3) is 3.87. The second-order valence-corrected chi connectivity index (χ2v) is 5.33. The number of rotatable bonds is 7. The summed E-state index contributed by atoms with van der Waals surface area (Å²) in [6.07, 6.45) is 1.54. The molecule has 2 aromatic rings. The fourth-order valence-electron chi connectivity index (χ4n) is 2.51. The highest BCUT2D eigenvalue weighted by Gasteiger charge is 2.18. The van der Waals surface area contributed by atoms with E-state index in [2.05, 4.69) is 46.4 Å². The smallest absolute Gasteiger partial charge is 0.285 e. The highest BCUT2D eigenvalue weighted by molar-refractivity contribution is 6.32. The third-order valence-corrected chi connectivity index (χ3v) is 4.09. The van der Waals surface area contributed by atoms with Crippen molar-refractivity contribution in [1.82, 2.24) is 15.1 Å². The Morgan fingerprint density at radius 2 is 1.95 bits per heavy atom. The Morgan fingerprint density at radius 3 is 2.59 bits per heavy atom. The van der Waals surface area contributed by atoms with Gasteiger partial charge in [0.2, 0.25) is 0 Å². The highest BCUT2D eigenvalue weighted by Crippen LogP contribution is 2.22. The van der Waals surface area contributed by atoms with E-state index in [1.807, 2.05) is 18.2 Å². The molecule has 2 rings (SSSR count). The molecular formula is C16H21ClN4O. The molecule has 0 bridgehead atoms. The molecule has 0 fully saturated rings. The van der Waals surface area contributed by atoms with Crippen LogP contribution in [0.5, 0.6) is 0 Å². The minimum absolute atomic E-state index is 0.140. The van der Waals surface area contributed by atoms with Gasteiger partial charge in [-0.2, -0.15) is 5.10 Å². The predicted molar refractivity (Wildman–Crippen MR) is 90.5 cm³/mol. The van der Waals surface area contributed by atoms with Crippen molar-refractivity contribution in [1.29, 1.82) is 0 Å². The number of hydrogen-bond acceptors (Lipinski definition) is 4. The van der Waals surface area contributed by atoms with Crippen LogP contribution in [-0.2, 0) is 0 Å². The molecule has 1 aromatic heterocycles. The van der Waals surface area contributed by atoms with Gasteiger partial charge in [0, 0.05) is 6.54 Å². The Morgan fingerprint density at radius 1 is 1.27 bits per heavy atom. The summed E-state index contributed by atoms with van der Waals surface area (Å²) >= 11 is 6.01. The predicted octanol–water partition coefficient (Wildman–Crippen LogP) is 2.92. The van der Waals surface area contributed by atoms with Crippen molar-refractivity contribution in [2.75, 3.05) is 25.0 Å². The van der Waals surface area contributed by atoms with E-state index in [9.17, 15) is 4.79 Å². The van der Waals surface area contributed by atoms with Crippen LogP contribution < -0.4 is 10.9 Å². The molecule has 0 aliphatic heterocycles. The van der Waals surface area contributed by atoms with Crippen LogP contribution in [0.3, 0.4) is 0 Å². The minimum atomic E-state index is -0.384. The van der Waals surface area contributed by atoms with Crippen molar-refractivity contribution in [3.8, 4) is 0 Å². The lowest BCUT2D eigenvalue weighted by molar-refractivity contribution is 0.228. The number of H-pyrrole nitrogens is 1. The molecule has 0 spiro atoms. The van der Waals surface area contributed by atoms with Crippen LogP contribution in [0.1, 0.15) is 25.5 Å². The van der Waals surface area contributed by atoms with Crippen LogP contribution >= 0.6 is 11.6 Å². The van der Waals surface area contributed by atoms with Crippen LogP contribution in [0.4, 0.5) is 5.69 Å². The molecule has 0 unspecified atom stereocenters. The normalized spacial score (nSPS) is 12.4. The van der Waals surface area contributed by atoms with E-state index < -0.39 is 0 Å². The topological polar surface area (TPSA) is 61.0 Å². The number of hydrogen-bond donors (Lipinski definition) is 2. The molecular weight excluding hydrogens is 300 g/mol. The van der Waals surface area contributed by atoms with Crippen LogP contribution in [0.2, 0.25) is 5.02 Å². The first-order valence-electron chi connectivity index (χ1n) is 7.43. The Balaban J connectivity index is 2.20. The Labute approximate surface area is 135 Å². The van der Waals surface area contributed by atoms with Crippen LogP contribution in [0.15, 0.2) is 41.3 Å². The number of aromatic nitrogens is 2. The number of likely N-dealkylation sites (N-methyl/N-ethyl adjacent to an activating group) is 1. The highest BCUT2D eigenvalue weighted by atomic mass is 35.5. The molecule has 118 valence electrons. The molecule has 0 amide bonds. The average molecular weight is 321 g/mol. The van der Waals surface area contributed by atoms with E-state index in [4.69, 9.17) is 11.6 Å². The summed E-state index contributed by atoms with van der Waals surface area (Å²) in [5.41, 5.74) is 1.40. The van der Waals surface area contributed by atoms with E-state index in [1.165, 1.54) is 11.8 Å². The number of nitrogens with zero attached hydrogens (tertiary/aromatic N) is 2. The molecule has 22 heavy (non-hydrogen) atoms. The molecule has 6 heteroatoms. The van der Waals surface area contributed by atoms with Crippen molar-refractivity contribution >= 4 is 17.3 Å². The maximum Gasteiger partial charge on any atom is 0.285 e. The van der Waals surface area contributed by atoms with Crippen molar-refractivity contribution in [3.05, 3.63) is 57.5 Å². The molecule has 0 aliphatic rings. The van der Waals surface area contributed by atoms with E-state index in [1.54, 1.807) is 0 Å². The lowest BCUT2D eigenvalue weighted by Crippen LogP contribution is -2.33. The number of anilines is 1. The lowest BCUT2D eigenvalue weighted by Gasteiger charge is -2.30. The summed E-state index contributed by atoms with van der Waals surface area (Å²) < 4.78 is 0. The summed E-state index contributed by atoms with van der Waals surface area (Å²) in [4.78, 5) is 13.9. The fourth-order valence-corrected chi connectivity index (χ4v) is 2.67. The zero-order valence-corrected chi connectivity index (χ0v) is 13.6. The number of nitrogens with one attached hydrogen (secondary N) is 2. The largest absolute Gasteiger partial charge is 0.380 e. The maximum absolute atomic E-state index is 11.5. The van der Waals surface area contributed by atoms with Gasteiger partial charge in [0.1, 0.15) is 5.02 Å². The lowest BCUT2D eigenvalue weighted by atomic mass is 10.1. The number of aromatic amines is 1. The molecule has 0 radical (unpaired) electrons. The Kier molecular flexibility index (Phi) is 5.98. The molecule has 0 saturated carbocycles. The van der Waals surface area contributed by atoms with E-state index in [0.29, 0.717) is 12.2 Å². The first-order valence-corrected chi connectivity index (χ1v) is 7.81. The van der Waals surface area contributed by atoms with Crippen molar-refractivity contribution < 1.29 is 0 Å². The SMILES string of the molecule is CCN(CC)[C@H](CNc1cn[nH]c(=O)c1Cl)c1ccccc1. The molecule has 1 atom stereocenters.